The third kappa shape index (κ3) is 15.7. The van der Waals surface area contributed by atoms with Gasteiger partial charge >= 0.3 is 29.7 Å². The number of rotatable bonds is 2. The van der Waals surface area contributed by atoms with Crippen molar-refractivity contribution in [1.29, 1.82) is 0 Å². The molecule has 8 heavy (non-hydrogen) atoms. The number of aliphatic hydroxyl groups excluding tert-OH is 1. The van der Waals surface area contributed by atoms with E-state index in [-0.39, 0.29) is 0 Å². The smallest absolute Gasteiger partial charge is 0.396 e. The Labute approximate surface area is 67.6 Å². The molecule has 0 saturated heterocycles. The van der Waals surface area contributed by atoms with Crippen molar-refractivity contribution in [3.05, 3.63) is 0 Å². The second-order valence-corrected chi connectivity index (χ2v) is 1.91. The first-order valence-corrected chi connectivity index (χ1v) is 4.78. The number of halogens is 1. The Hall–Kier alpha value is 1.02. The van der Waals surface area contributed by atoms with Crippen LogP contribution in [0.4, 0.5) is 0 Å². The van der Waals surface area contributed by atoms with Crippen molar-refractivity contribution in [3.63, 3.8) is 0 Å². The number of hydrogen-bond donors (Lipinski definition) is 1. The van der Waals surface area contributed by atoms with Gasteiger partial charge < -0.3 is 5.11 Å². The third-order valence-corrected chi connectivity index (χ3v) is 0.706. The summed E-state index contributed by atoms with van der Waals surface area (Å²) < 4.78 is 0. The lowest BCUT2D eigenvalue weighted by Crippen LogP contribution is -1.89. The average Bonchev–Trinajstić information content (AvgIpc) is 1.72. The van der Waals surface area contributed by atoms with Crippen LogP contribution in [0.1, 0.15) is 20.3 Å². The SMILES string of the molecule is CC(C)CCO.[Mg+2][Cl]. The summed E-state index contributed by atoms with van der Waals surface area (Å²) in [5.74, 6) is 0.648. The zero-order valence-corrected chi connectivity index (χ0v) is 7.69. The van der Waals surface area contributed by atoms with Gasteiger partial charge in [0.2, 0.25) is 0 Å². The Morgan fingerprint density at radius 2 is 1.88 bits per heavy atom. The van der Waals surface area contributed by atoms with E-state index in [9.17, 15) is 0 Å². The molecule has 0 rings (SSSR count). The monoisotopic (exact) mass is 147 g/mol. The van der Waals surface area contributed by atoms with Gasteiger partial charge in [-0.1, -0.05) is 13.8 Å². The summed E-state index contributed by atoms with van der Waals surface area (Å²) in [7, 11) is 4.67. The van der Waals surface area contributed by atoms with E-state index in [0.717, 1.165) is 6.42 Å². The highest BCUT2D eigenvalue weighted by Gasteiger charge is 2.16. The van der Waals surface area contributed by atoms with Crippen molar-refractivity contribution in [2.24, 2.45) is 5.92 Å². The lowest BCUT2D eigenvalue weighted by molar-refractivity contribution is 0.268. The van der Waals surface area contributed by atoms with Crippen LogP contribution >= 0.6 is 9.07 Å². The molecule has 7 radical (unpaired) electrons. The normalized spacial score (nSPS) is 8.25. The predicted octanol–water partition coefficient (Wildman–Crippen LogP) is 1.33. The van der Waals surface area contributed by atoms with Gasteiger partial charge in [0.25, 0.3) is 0 Å². The van der Waals surface area contributed by atoms with E-state index < -0.39 is 0 Å². The van der Waals surface area contributed by atoms with E-state index in [2.05, 4.69) is 22.9 Å². The van der Waals surface area contributed by atoms with Crippen molar-refractivity contribution in [3.8, 4) is 0 Å². The molecule has 1 nitrogen and oxygen atoms in total. The molecule has 0 aliphatic heterocycles. The molecule has 0 heterocycles. The zero-order chi connectivity index (χ0) is 6.99. The molecule has 0 aromatic rings. The van der Waals surface area contributed by atoms with Gasteiger partial charge in [-0.15, -0.1) is 0 Å². The molecule has 0 saturated carbocycles. The van der Waals surface area contributed by atoms with Gasteiger partial charge in [0, 0.05) is 6.61 Å². The molecule has 3 heteroatoms. The minimum atomic E-state index is 0.331. The van der Waals surface area contributed by atoms with Crippen molar-refractivity contribution in [2.45, 2.75) is 20.3 Å². The lowest BCUT2D eigenvalue weighted by atomic mass is 10.2. The van der Waals surface area contributed by atoms with Crippen LogP contribution in [0, 0.1) is 5.92 Å². The maximum Gasteiger partial charge on any atom is 1.59 e. The summed E-state index contributed by atoms with van der Waals surface area (Å²) in [6.45, 7) is 4.52. The largest absolute Gasteiger partial charge is 1.59 e. The minimum Gasteiger partial charge on any atom is -0.396 e. The van der Waals surface area contributed by atoms with Crippen LogP contribution in [0.2, 0.25) is 0 Å². The molecule has 1 N–H and O–H groups in total. The van der Waals surface area contributed by atoms with Crippen molar-refractivity contribution in [2.75, 3.05) is 6.61 Å². The van der Waals surface area contributed by atoms with Crippen LogP contribution in [0.5, 0.6) is 0 Å². The Balaban J connectivity index is 0. The van der Waals surface area contributed by atoms with Gasteiger partial charge in [0.05, 0.1) is 0 Å². The van der Waals surface area contributed by atoms with Crippen LogP contribution in [0.3, 0.4) is 0 Å². The lowest BCUT2D eigenvalue weighted by Gasteiger charge is -1.95. The van der Waals surface area contributed by atoms with Crippen molar-refractivity contribution >= 4 is 29.7 Å². The molecule has 0 spiro atoms. The van der Waals surface area contributed by atoms with Crippen molar-refractivity contribution in [1.82, 2.24) is 0 Å². The predicted molar refractivity (Wildman–Crippen MR) is 38.1 cm³/mol. The molecule has 0 atom stereocenters. The highest BCUT2D eigenvalue weighted by Crippen LogP contribution is 1.94. The molecule has 0 bridgehead atoms. The maximum atomic E-state index is 8.24. The van der Waals surface area contributed by atoms with Crippen LogP contribution in [0.15, 0.2) is 0 Å². The van der Waals surface area contributed by atoms with Gasteiger partial charge in [-0.2, -0.15) is 0 Å². The van der Waals surface area contributed by atoms with E-state index in [0.29, 0.717) is 12.5 Å². The third-order valence-electron chi connectivity index (χ3n) is 0.706. The molecule has 0 aromatic carbocycles. The Bertz CT molecular complexity index is 33.6. The van der Waals surface area contributed by atoms with Gasteiger partial charge in [0.1, 0.15) is 0 Å². The number of hydrogen-bond acceptors (Lipinski definition) is 1. The van der Waals surface area contributed by atoms with E-state index in [1.54, 1.807) is 0 Å². The maximum absolute atomic E-state index is 8.24. The molecule has 0 aliphatic carbocycles. The number of aliphatic hydroxyl groups is 1. The fraction of sp³-hybridized carbons (Fsp3) is 1.00. The van der Waals surface area contributed by atoms with E-state index >= 15 is 0 Å². The first-order chi connectivity index (χ1) is 3.77. The molecule has 45 valence electrons. The second kappa shape index (κ2) is 10.9. The summed E-state index contributed by atoms with van der Waals surface area (Å²) in [5.41, 5.74) is 0. The van der Waals surface area contributed by atoms with Crippen LogP contribution in [0.25, 0.3) is 0 Å². The Kier molecular flexibility index (Phi) is 16.0. The summed E-state index contributed by atoms with van der Waals surface area (Å²) in [6.07, 6.45) is 0.931. The van der Waals surface area contributed by atoms with E-state index in [1.165, 1.54) is 20.6 Å². The fourth-order valence-electron chi connectivity index (χ4n) is 0.258. The molecular weight excluding hydrogens is 136 g/mol. The Morgan fingerprint density at radius 3 is 1.88 bits per heavy atom. The van der Waals surface area contributed by atoms with Gasteiger partial charge in [-0.05, 0) is 12.3 Å². The molecule has 0 amide bonds. The summed E-state index contributed by atoms with van der Waals surface area (Å²) >= 11 is 1.33. The minimum absolute atomic E-state index is 0.331. The van der Waals surface area contributed by atoms with Crippen molar-refractivity contribution < 1.29 is 5.11 Å². The topological polar surface area (TPSA) is 20.2 Å². The Morgan fingerprint density at radius 1 is 1.50 bits per heavy atom. The first kappa shape index (κ1) is 11.8. The van der Waals surface area contributed by atoms with E-state index in [4.69, 9.17) is 5.11 Å². The first-order valence-electron chi connectivity index (χ1n) is 2.65. The zero-order valence-electron chi connectivity index (χ0n) is 5.52. The van der Waals surface area contributed by atoms with Gasteiger partial charge in [-0.25, -0.2) is 0 Å². The highest BCUT2D eigenvalue weighted by molar-refractivity contribution is 6.80. The summed E-state index contributed by atoms with van der Waals surface area (Å²) in [5, 5.41) is 8.24. The summed E-state index contributed by atoms with van der Waals surface area (Å²) in [6, 6.07) is 0. The van der Waals surface area contributed by atoms with Crippen LogP contribution in [-0.2, 0) is 0 Å². The van der Waals surface area contributed by atoms with Crippen LogP contribution < -0.4 is 0 Å². The average molecular weight is 148 g/mol. The fourth-order valence-corrected chi connectivity index (χ4v) is 0.258. The molecule has 0 unspecified atom stereocenters. The van der Waals surface area contributed by atoms with Gasteiger partial charge in [-0.3, -0.25) is 0 Å². The summed E-state index contributed by atoms with van der Waals surface area (Å²) in [4.78, 5) is 0. The van der Waals surface area contributed by atoms with Crippen LogP contribution in [-0.4, -0.2) is 32.3 Å². The molecular formula is C5H12ClMgO+2. The second-order valence-electron chi connectivity index (χ2n) is 1.91. The standard InChI is InChI=1S/C5H12O.ClH.Mg/c1-5(2)3-4-6;;/h5-6H,3-4H2,1-2H3;1H;/q;;+3/p-1. The highest BCUT2D eigenvalue weighted by atomic mass is 35.5. The molecule has 0 aromatic heterocycles. The quantitative estimate of drug-likeness (QED) is 0.585. The van der Waals surface area contributed by atoms with Gasteiger partial charge in [0.15, 0.2) is 0 Å². The molecule has 0 fully saturated rings. The van der Waals surface area contributed by atoms with E-state index in [1.807, 2.05) is 0 Å². The molecule has 0 aliphatic rings.